The Morgan fingerprint density at radius 1 is 1.03 bits per heavy atom. The lowest BCUT2D eigenvalue weighted by Gasteiger charge is -2.18. The topological polar surface area (TPSA) is 166 Å². The lowest BCUT2D eigenvalue weighted by atomic mass is 9.98. The monoisotopic (exact) mass is 520 g/mol. The molecule has 1 atom stereocenters. The van der Waals surface area contributed by atoms with E-state index < -0.39 is 27.0 Å². The predicted molar refractivity (Wildman–Crippen MR) is 138 cm³/mol. The third kappa shape index (κ3) is 5.97. The summed E-state index contributed by atoms with van der Waals surface area (Å²) in [5, 5.41) is 14.5. The average molecular weight is 521 g/mol. The number of carbonyl (C=O) groups excluding carboxylic acids is 1. The molecule has 0 bridgehead atoms. The number of amides is 1. The van der Waals surface area contributed by atoms with E-state index in [4.69, 9.17) is 5.73 Å². The van der Waals surface area contributed by atoms with E-state index in [9.17, 15) is 27.9 Å². The Bertz CT molecular complexity index is 1560. The number of nitro benzene ring substituents is 1. The van der Waals surface area contributed by atoms with Gasteiger partial charge >= 0.3 is 0 Å². The molecule has 10 nitrogen and oxygen atoms in total. The molecule has 1 amide bonds. The van der Waals surface area contributed by atoms with Gasteiger partial charge in [-0.3, -0.25) is 24.4 Å². The number of nitrogens with two attached hydrogens (primary N) is 1. The van der Waals surface area contributed by atoms with Gasteiger partial charge in [0.25, 0.3) is 15.8 Å². The molecule has 1 heterocycles. The summed E-state index contributed by atoms with van der Waals surface area (Å²) < 4.78 is 34.4. The summed E-state index contributed by atoms with van der Waals surface area (Å²) in [6.45, 7) is 0.367. The maximum absolute atomic E-state index is 12.4. The first-order chi connectivity index (χ1) is 17.6. The Balaban J connectivity index is 1.64. The molecule has 0 radical (unpaired) electrons. The van der Waals surface area contributed by atoms with Crippen molar-refractivity contribution < 1.29 is 22.7 Å². The van der Waals surface area contributed by atoms with Crippen LogP contribution in [-0.2, 0) is 21.3 Å². The smallest absolute Gasteiger partial charge is 0.295 e. The summed E-state index contributed by atoms with van der Waals surface area (Å²) in [5.74, 6) is -0.700. The Hall–Kier alpha value is -4.19. The van der Waals surface area contributed by atoms with Crippen molar-refractivity contribution in [2.75, 3.05) is 6.54 Å². The van der Waals surface area contributed by atoms with Crippen LogP contribution in [0.4, 0.5) is 5.69 Å². The third-order valence-corrected chi connectivity index (χ3v) is 6.85. The number of benzene rings is 3. The molecule has 0 saturated heterocycles. The first-order valence-corrected chi connectivity index (χ1v) is 12.8. The molecule has 4 aromatic rings. The number of primary amides is 1. The fourth-order valence-corrected chi connectivity index (χ4v) is 4.90. The van der Waals surface area contributed by atoms with E-state index in [0.29, 0.717) is 30.3 Å². The van der Waals surface area contributed by atoms with E-state index in [1.165, 1.54) is 30.5 Å². The molecule has 0 aliphatic heterocycles. The lowest BCUT2D eigenvalue weighted by molar-refractivity contribution is -0.384. The molecule has 0 fully saturated rings. The minimum absolute atomic E-state index is 0.0110. The minimum Gasteiger partial charge on any atom is -0.368 e. The van der Waals surface area contributed by atoms with Crippen LogP contribution in [0.15, 0.2) is 83.9 Å². The minimum atomic E-state index is -4.59. The van der Waals surface area contributed by atoms with Crippen LogP contribution in [0.2, 0.25) is 0 Å². The molecule has 0 aliphatic rings. The fraction of sp³-hybridized carbons (Fsp3) is 0.154. The molecule has 3 aromatic carbocycles. The highest BCUT2D eigenvalue weighted by Gasteiger charge is 2.24. The zero-order valence-corrected chi connectivity index (χ0v) is 20.4. The van der Waals surface area contributed by atoms with Crippen LogP contribution in [0.3, 0.4) is 0 Å². The number of aromatic nitrogens is 1. The van der Waals surface area contributed by atoms with Gasteiger partial charge in [0.05, 0.1) is 10.6 Å². The molecule has 0 aliphatic carbocycles. The van der Waals surface area contributed by atoms with Gasteiger partial charge in [0.1, 0.15) is 10.9 Å². The van der Waals surface area contributed by atoms with Crippen molar-refractivity contribution in [2.24, 2.45) is 5.73 Å². The van der Waals surface area contributed by atoms with Gasteiger partial charge in [0.2, 0.25) is 5.91 Å². The molecule has 4 rings (SSSR count). The van der Waals surface area contributed by atoms with E-state index in [-0.39, 0.29) is 21.7 Å². The molecule has 37 heavy (non-hydrogen) atoms. The molecule has 0 saturated carbocycles. The number of fused-ring (bicyclic) bond motifs is 1. The maximum atomic E-state index is 12.4. The van der Waals surface area contributed by atoms with Crippen molar-refractivity contribution in [3.8, 4) is 11.1 Å². The number of rotatable bonds is 10. The molecule has 4 N–H and O–H groups in total. The second-order valence-corrected chi connectivity index (χ2v) is 9.81. The highest BCUT2D eigenvalue weighted by Crippen LogP contribution is 2.33. The van der Waals surface area contributed by atoms with Crippen molar-refractivity contribution in [2.45, 2.75) is 23.8 Å². The summed E-state index contributed by atoms with van der Waals surface area (Å²) in [5.41, 5.74) is 8.09. The number of pyridine rings is 1. The molecule has 1 unspecified atom stereocenters. The van der Waals surface area contributed by atoms with Crippen LogP contribution in [0.5, 0.6) is 0 Å². The second kappa shape index (κ2) is 10.8. The SMILES string of the molecule is NC(=O)C(NCCCc1ccc([N+](=O)[O-])cc1)c1nccc2c(S(=O)(=O)O)cc(-c3ccccc3)cc12. The van der Waals surface area contributed by atoms with Gasteiger partial charge in [-0.15, -0.1) is 0 Å². The van der Waals surface area contributed by atoms with Crippen molar-refractivity contribution in [1.29, 1.82) is 0 Å². The van der Waals surface area contributed by atoms with Gasteiger partial charge < -0.3 is 11.1 Å². The zero-order chi connectivity index (χ0) is 26.6. The number of hydrogen-bond donors (Lipinski definition) is 3. The van der Waals surface area contributed by atoms with Gasteiger partial charge in [-0.05, 0) is 54.3 Å². The molecular formula is C26H24N4O6S. The molecule has 1 aromatic heterocycles. The highest BCUT2D eigenvalue weighted by atomic mass is 32.2. The predicted octanol–water partition coefficient (Wildman–Crippen LogP) is 3.81. The van der Waals surface area contributed by atoms with Gasteiger partial charge in [-0.1, -0.05) is 42.5 Å². The molecule has 0 spiro atoms. The van der Waals surface area contributed by atoms with Crippen LogP contribution in [0.25, 0.3) is 21.9 Å². The summed E-state index contributed by atoms with van der Waals surface area (Å²) in [4.78, 5) is 26.8. The fourth-order valence-electron chi connectivity index (χ4n) is 4.17. The summed E-state index contributed by atoms with van der Waals surface area (Å²) in [6.07, 6.45) is 2.56. The number of carbonyl (C=O) groups is 1. The van der Waals surface area contributed by atoms with Crippen molar-refractivity contribution in [3.63, 3.8) is 0 Å². The van der Waals surface area contributed by atoms with Gasteiger partial charge in [0, 0.05) is 29.1 Å². The zero-order valence-electron chi connectivity index (χ0n) is 19.6. The van der Waals surface area contributed by atoms with Gasteiger partial charge in [0.15, 0.2) is 0 Å². The summed E-state index contributed by atoms with van der Waals surface area (Å²) in [6, 6.07) is 18.8. The summed E-state index contributed by atoms with van der Waals surface area (Å²) in [7, 11) is -4.59. The Kier molecular flexibility index (Phi) is 7.58. The number of nitro groups is 1. The first kappa shape index (κ1) is 25.9. The molecule has 190 valence electrons. The van der Waals surface area contributed by atoms with Crippen LogP contribution in [0, 0.1) is 10.1 Å². The van der Waals surface area contributed by atoms with Crippen LogP contribution in [0.1, 0.15) is 23.7 Å². The average Bonchev–Trinajstić information content (AvgIpc) is 2.88. The second-order valence-electron chi connectivity index (χ2n) is 8.42. The van der Waals surface area contributed by atoms with Crippen LogP contribution < -0.4 is 11.1 Å². The van der Waals surface area contributed by atoms with E-state index >= 15 is 0 Å². The third-order valence-electron chi connectivity index (χ3n) is 5.95. The van der Waals surface area contributed by atoms with Crippen molar-refractivity contribution in [3.05, 3.63) is 100 Å². The van der Waals surface area contributed by atoms with Crippen LogP contribution in [-0.4, -0.2) is 35.3 Å². The van der Waals surface area contributed by atoms with Gasteiger partial charge in [-0.25, -0.2) is 0 Å². The number of aryl methyl sites for hydroxylation is 1. The van der Waals surface area contributed by atoms with Crippen LogP contribution >= 0.6 is 0 Å². The largest absolute Gasteiger partial charge is 0.368 e. The van der Waals surface area contributed by atoms with E-state index in [2.05, 4.69) is 10.3 Å². The quantitative estimate of drug-likeness (QED) is 0.123. The van der Waals surface area contributed by atoms with Crippen molar-refractivity contribution >= 4 is 32.5 Å². The standard InChI is InChI=1S/C26H24N4O6S/c27-26(31)25(28-13-4-5-17-8-10-20(11-9-17)30(32)33)24-22-15-19(18-6-2-1-3-7-18)16-23(37(34,35)36)21(22)12-14-29-24/h1-3,6-12,14-16,25,28H,4-5,13H2,(H2,27,31)(H,34,35,36). The van der Waals surface area contributed by atoms with Gasteiger partial charge in [-0.2, -0.15) is 8.42 Å². The summed E-state index contributed by atoms with van der Waals surface area (Å²) >= 11 is 0. The number of nitrogens with one attached hydrogen (secondary N) is 1. The Labute approximate surface area is 213 Å². The van der Waals surface area contributed by atoms with Crippen molar-refractivity contribution in [1.82, 2.24) is 10.3 Å². The molecule has 11 heteroatoms. The van der Waals surface area contributed by atoms with E-state index in [0.717, 1.165) is 11.1 Å². The first-order valence-electron chi connectivity index (χ1n) is 11.4. The molecular weight excluding hydrogens is 496 g/mol. The number of hydrogen-bond acceptors (Lipinski definition) is 7. The maximum Gasteiger partial charge on any atom is 0.295 e. The Morgan fingerprint density at radius 2 is 1.73 bits per heavy atom. The normalized spacial score (nSPS) is 12.4. The number of nitrogens with zero attached hydrogens (tertiary/aromatic N) is 2. The highest BCUT2D eigenvalue weighted by molar-refractivity contribution is 7.86. The van der Waals surface area contributed by atoms with E-state index in [1.807, 2.05) is 6.07 Å². The number of non-ortho nitro benzene ring substituents is 1. The van der Waals surface area contributed by atoms with E-state index in [1.54, 1.807) is 42.5 Å². The Morgan fingerprint density at radius 3 is 2.35 bits per heavy atom. The lowest BCUT2D eigenvalue weighted by Crippen LogP contribution is -2.35.